The van der Waals surface area contributed by atoms with Gasteiger partial charge in [0, 0.05) is 5.69 Å². The molecule has 0 amide bonds. The van der Waals surface area contributed by atoms with Crippen molar-refractivity contribution in [1.29, 1.82) is 0 Å². The quantitative estimate of drug-likeness (QED) is 0.935. The lowest BCUT2D eigenvalue weighted by Gasteiger charge is -2.11. The summed E-state index contributed by atoms with van der Waals surface area (Å²) in [5.41, 5.74) is 1.52. The Labute approximate surface area is 113 Å². The Morgan fingerprint density at radius 1 is 1.05 bits per heavy atom. The maximum Gasteiger partial charge on any atom is 0.265 e. The Balaban J connectivity index is 2.38. The van der Waals surface area contributed by atoms with E-state index in [1.807, 2.05) is 13.0 Å². The van der Waals surface area contributed by atoms with Gasteiger partial charge in [-0.25, -0.2) is 8.42 Å². The van der Waals surface area contributed by atoms with E-state index >= 15 is 0 Å². The second-order valence-corrected chi connectivity index (χ2v) is 5.78. The smallest absolute Gasteiger partial charge is 0.265 e. The topological polar surface area (TPSA) is 55.4 Å². The van der Waals surface area contributed by atoms with Crippen molar-refractivity contribution in [3.63, 3.8) is 0 Å². The maximum atomic E-state index is 12.3. The molecule has 0 spiro atoms. The molecular formula is C14H15NO3S. The van der Waals surface area contributed by atoms with Gasteiger partial charge in [-0.3, -0.25) is 4.72 Å². The number of hydrogen-bond acceptors (Lipinski definition) is 3. The number of methoxy groups -OCH3 is 1. The summed E-state index contributed by atoms with van der Waals surface area (Å²) in [6.45, 7) is 1.90. The summed E-state index contributed by atoms with van der Waals surface area (Å²) in [7, 11) is -2.20. The van der Waals surface area contributed by atoms with Crippen LogP contribution < -0.4 is 9.46 Å². The zero-order valence-corrected chi connectivity index (χ0v) is 11.6. The molecule has 2 rings (SSSR count). The fourth-order valence-electron chi connectivity index (χ4n) is 1.76. The average Bonchev–Trinajstić information content (AvgIpc) is 2.38. The lowest BCUT2D eigenvalue weighted by atomic mass is 10.2. The van der Waals surface area contributed by atoms with Crippen molar-refractivity contribution in [2.75, 3.05) is 11.8 Å². The lowest BCUT2D eigenvalue weighted by Crippen LogP contribution is -2.14. The van der Waals surface area contributed by atoms with Gasteiger partial charge in [-0.05, 0) is 36.8 Å². The van der Waals surface area contributed by atoms with Gasteiger partial charge in [0.2, 0.25) is 0 Å². The molecule has 0 aliphatic heterocycles. The van der Waals surface area contributed by atoms with Gasteiger partial charge in [0.25, 0.3) is 10.0 Å². The molecule has 5 heteroatoms. The second-order valence-electron chi connectivity index (χ2n) is 4.13. The van der Waals surface area contributed by atoms with Crippen molar-refractivity contribution in [2.45, 2.75) is 11.8 Å². The van der Waals surface area contributed by atoms with Crippen molar-refractivity contribution in [3.05, 3.63) is 54.1 Å². The van der Waals surface area contributed by atoms with Gasteiger partial charge in [-0.2, -0.15) is 0 Å². The van der Waals surface area contributed by atoms with Crippen LogP contribution in [0.15, 0.2) is 53.4 Å². The normalized spacial score (nSPS) is 11.1. The minimum Gasteiger partial charge on any atom is -0.495 e. The molecule has 0 saturated carbocycles. The van der Waals surface area contributed by atoms with Crippen LogP contribution in [-0.2, 0) is 10.0 Å². The monoisotopic (exact) mass is 277 g/mol. The number of rotatable bonds is 4. The van der Waals surface area contributed by atoms with Gasteiger partial charge in [-0.1, -0.05) is 24.3 Å². The van der Waals surface area contributed by atoms with Crippen LogP contribution in [0, 0.1) is 6.92 Å². The van der Waals surface area contributed by atoms with E-state index in [0.29, 0.717) is 11.4 Å². The number of aryl methyl sites for hydroxylation is 1. The fourth-order valence-corrected chi connectivity index (χ4v) is 2.98. The first-order chi connectivity index (χ1) is 9.03. The summed E-state index contributed by atoms with van der Waals surface area (Å²) in [6.07, 6.45) is 0. The molecule has 0 fully saturated rings. The molecule has 0 unspecified atom stereocenters. The largest absolute Gasteiger partial charge is 0.495 e. The van der Waals surface area contributed by atoms with E-state index in [2.05, 4.69) is 4.72 Å². The lowest BCUT2D eigenvalue weighted by molar-refractivity contribution is 0.403. The van der Waals surface area contributed by atoms with Crippen LogP contribution in [-0.4, -0.2) is 15.5 Å². The van der Waals surface area contributed by atoms with Crippen LogP contribution in [0.1, 0.15) is 5.56 Å². The number of anilines is 1. The van der Waals surface area contributed by atoms with E-state index < -0.39 is 10.0 Å². The van der Waals surface area contributed by atoms with Crippen LogP contribution in [0.25, 0.3) is 0 Å². The molecule has 0 atom stereocenters. The molecule has 1 N–H and O–H groups in total. The third-order valence-electron chi connectivity index (χ3n) is 2.63. The van der Waals surface area contributed by atoms with Crippen molar-refractivity contribution in [2.24, 2.45) is 0 Å². The van der Waals surface area contributed by atoms with Crippen LogP contribution in [0.4, 0.5) is 5.69 Å². The third-order valence-corrected chi connectivity index (χ3v) is 4.05. The standard InChI is InChI=1S/C14H15NO3S/c1-11-6-5-7-12(10-11)15-19(16,17)14-9-4-3-8-13(14)18-2/h3-10,15H,1-2H3. The Hall–Kier alpha value is -2.01. The molecule has 0 saturated heterocycles. The van der Waals surface area contributed by atoms with Gasteiger partial charge >= 0.3 is 0 Å². The first-order valence-corrected chi connectivity index (χ1v) is 7.24. The second kappa shape index (κ2) is 5.32. The first kappa shape index (κ1) is 13.4. The van der Waals surface area contributed by atoms with Gasteiger partial charge in [0.1, 0.15) is 10.6 Å². The van der Waals surface area contributed by atoms with Gasteiger partial charge in [-0.15, -0.1) is 0 Å². The van der Waals surface area contributed by atoms with Gasteiger partial charge in [0.15, 0.2) is 0 Å². The number of ether oxygens (including phenoxy) is 1. The van der Waals surface area contributed by atoms with E-state index in [1.54, 1.807) is 36.4 Å². The minimum atomic E-state index is -3.65. The third kappa shape index (κ3) is 3.06. The highest BCUT2D eigenvalue weighted by Gasteiger charge is 2.18. The summed E-state index contributed by atoms with van der Waals surface area (Å²) < 4.78 is 32.2. The Kier molecular flexibility index (Phi) is 3.76. The molecule has 0 aliphatic carbocycles. The van der Waals surface area contributed by atoms with Gasteiger partial charge < -0.3 is 4.74 Å². The Morgan fingerprint density at radius 2 is 1.79 bits per heavy atom. The van der Waals surface area contributed by atoms with E-state index in [4.69, 9.17) is 4.74 Å². The predicted octanol–water partition coefficient (Wildman–Crippen LogP) is 2.80. The molecule has 0 heterocycles. The van der Waals surface area contributed by atoms with Crippen molar-refractivity contribution < 1.29 is 13.2 Å². The van der Waals surface area contributed by atoms with Crippen LogP contribution >= 0.6 is 0 Å². The molecule has 4 nitrogen and oxygen atoms in total. The summed E-state index contributed by atoms with van der Waals surface area (Å²) >= 11 is 0. The zero-order valence-electron chi connectivity index (χ0n) is 10.8. The molecular weight excluding hydrogens is 262 g/mol. The molecule has 0 aliphatic rings. The SMILES string of the molecule is COc1ccccc1S(=O)(=O)Nc1cccc(C)c1. The predicted molar refractivity (Wildman–Crippen MR) is 75.0 cm³/mol. The van der Waals surface area contributed by atoms with E-state index in [0.717, 1.165) is 5.56 Å². The first-order valence-electron chi connectivity index (χ1n) is 5.75. The average molecular weight is 277 g/mol. The molecule has 0 bridgehead atoms. The Morgan fingerprint density at radius 3 is 2.47 bits per heavy atom. The number of benzene rings is 2. The van der Waals surface area contributed by atoms with Crippen molar-refractivity contribution in [1.82, 2.24) is 0 Å². The summed E-state index contributed by atoms with van der Waals surface area (Å²) in [5.74, 6) is 0.322. The maximum absolute atomic E-state index is 12.3. The molecule has 2 aromatic carbocycles. The van der Waals surface area contributed by atoms with Crippen LogP contribution in [0.5, 0.6) is 5.75 Å². The zero-order chi connectivity index (χ0) is 13.9. The number of hydrogen-bond donors (Lipinski definition) is 1. The molecule has 0 aromatic heterocycles. The van der Waals surface area contributed by atoms with E-state index in [9.17, 15) is 8.42 Å². The highest BCUT2D eigenvalue weighted by molar-refractivity contribution is 7.92. The summed E-state index contributed by atoms with van der Waals surface area (Å²) in [4.78, 5) is 0.124. The van der Waals surface area contributed by atoms with Gasteiger partial charge in [0.05, 0.1) is 7.11 Å². The summed E-state index contributed by atoms with van der Waals surface area (Å²) in [5, 5.41) is 0. The molecule has 100 valence electrons. The Bertz CT molecular complexity index is 681. The highest BCUT2D eigenvalue weighted by atomic mass is 32.2. The van der Waals surface area contributed by atoms with E-state index in [-0.39, 0.29) is 4.90 Å². The highest BCUT2D eigenvalue weighted by Crippen LogP contribution is 2.25. The number of para-hydroxylation sites is 1. The van der Waals surface area contributed by atoms with Crippen molar-refractivity contribution in [3.8, 4) is 5.75 Å². The number of sulfonamides is 1. The summed E-state index contributed by atoms with van der Waals surface area (Å²) in [6, 6.07) is 13.7. The molecule has 2 aromatic rings. The number of nitrogens with one attached hydrogen (secondary N) is 1. The van der Waals surface area contributed by atoms with Crippen LogP contribution in [0.2, 0.25) is 0 Å². The van der Waals surface area contributed by atoms with E-state index in [1.165, 1.54) is 13.2 Å². The fraction of sp³-hybridized carbons (Fsp3) is 0.143. The molecule has 19 heavy (non-hydrogen) atoms. The minimum absolute atomic E-state index is 0.124. The van der Waals surface area contributed by atoms with Crippen LogP contribution in [0.3, 0.4) is 0 Å². The molecule has 0 radical (unpaired) electrons. The van der Waals surface area contributed by atoms with Crippen molar-refractivity contribution >= 4 is 15.7 Å².